The van der Waals surface area contributed by atoms with Gasteiger partial charge in [0.05, 0.1) is 6.42 Å². The van der Waals surface area contributed by atoms with Crippen molar-refractivity contribution in [3.05, 3.63) is 60.7 Å². The Morgan fingerprint density at radius 3 is 2.29 bits per heavy atom. The predicted octanol–water partition coefficient (Wildman–Crippen LogP) is -0.371. The van der Waals surface area contributed by atoms with Gasteiger partial charge in [0.2, 0.25) is 35.4 Å². The molecule has 1 heterocycles. The van der Waals surface area contributed by atoms with Crippen LogP contribution in [-0.2, 0) is 40.0 Å². The molecule has 0 unspecified atom stereocenters. The zero-order chi connectivity index (χ0) is 33.1. The van der Waals surface area contributed by atoms with Gasteiger partial charge in [-0.3, -0.25) is 33.6 Å². The lowest BCUT2D eigenvalue weighted by atomic mass is 9.97. The number of likely N-dealkylation sites (tertiary alicyclic amines) is 1. The topological polar surface area (TPSA) is 231 Å². The van der Waals surface area contributed by atoms with Gasteiger partial charge in [0.25, 0.3) is 0 Å². The summed E-state index contributed by atoms with van der Waals surface area (Å²) in [4.78, 5) is 88.6. The minimum absolute atomic E-state index is 0.00140. The third kappa shape index (κ3) is 9.88. The summed E-state index contributed by atoms with van der Waals surface area (Å²) in [5.74, 6) is -5.85. The molecule has 240 valence electrons. The van der Waals surface area contributed by atoms with Gasteiger partial charge in [-0.1, -0.05) is 49.0 Å². The van der Waals surface area contributed by atoms with Crippen molar-refractivity contribution in [3.8, 4) is 0 Å². The van der Waals surface area contributed by atoms with E-state index in [9.17, 15) is 38.7 Å². The van der Waals surface area contributed by atoms with Gasteiger partial charge in [0.1, 0.15) is 24.2 Å². The average molecular weight is 623 g/mol. The lowest BCUT2D eigenvalue weighted by molar-refractivity contribution is -0.148. The monoisotopic (exact) mass is 622 g/mol. The Kier molecular flexibility index (Phi) is 12.2. The molecule has 1 aliphatic heterocycles. The number of aliphatic carboxylic acids is 1. The molecular weight excluding hydrogens is 584 g/mol. The number of amides is 6. The second kappa shape index (κ2) is 16.0. The van der Waals surface area contributed by atoms with E-state index in [-0.39, 0.29) is 32.2 Å². The van der Waals surface area contributed by atoms with Crippen LogP contribution >= 0.6 is 0 Å². The quantitative estimate of drug-likeness (QED) is 0.143. The molecule has 0 radical (unpaired) electrons. The fourth-order valence-electron chi connectivity index (χ4n) is 5.20. The third-order valence-corrected chi connectivity index (χ3v) is 7.49. The van der Waals surface area contributed by atoms with Crippen molar-refractivity contribution in [2.75, 3.05) is 6.54 Å². The normalized spacial score (nSPS) is 16.4. The maximum absolute atomic E-state index is 13.7. The van der Waals surface area contributed by atoms with Crippen molar-refractivity contribution in [1.82, 2.24) is 20.9 Å². The first kappa shape index (κ1) is 34.2. The van der Waals surface area contributed by atoms with Gasteiger partial charge in [-0.05, 0) is 48.1 Å². The molecule has 4 atom stereocenters. The number of fused-ring (bicyclic) bond motifs is 1. The van der Waals surface area contributed by atoms with Crippen LogP contribution in [0.5, 0.6) is 0 Å². The summed E-state index contributed by atoms with van der Waals surface area (Å²) in [5.41, 5.74) is 11.3. The number of nitrogens with one attached hydrogen (secondary N) is 3. The number of hydrogen-bond acceptors (Lipinski definition) is 7. The van der Waals surface area contributed by atoms with E-state index in [0.717, 1.165) is 16.8 Å². The molecule has 1 saturated heterocycles. The molecule has 1 fully saturated rings. The van der Waals surface area contributed by atoms with E-state index < -0.39 is 72.0 Å². The highest BCUT2D eigenvalue weighted by Crippen LogP contribution is 2.21. The first-order chi connectivity index (χ1) is 21.4. The lowest BCUT2D eigenvalue weighted by Crippen LogP contribution is -2.60. The maximum Gasteiger partial charge on any atom is 0.305 e. The molecule has 2 aromatic carbocycles. The van der Waals surface area contributed by atoms with Crippen molar-refractivity contribution < 1.29 is 38.7 Å². The molecule has 0 saturated carbocycles. The molecule has 0 bridgehead atoms. The van der Waals surface area contributed by atoms with Crippen molar-refractivity contribution >= 4 is 52.2 Å². The third-order valence-electron chi connectivity index (χ3n) is 7.49. The fourth-order valence-corrected chi connectivity index (χ4v) is 5.20. The largest absolute Gasteiger partial charge is 0.481 e. The minimum atomic E-state index is -1.44. The number of rotatable bonds is 15. The van der Waals surface area contributed by atoms with E-state index in [1.165, 1.54) is 4.90 Å². The van der Waals surface area contributed by atoms with E-state index in [1.807, 2.05) is 36.4 Å². The summed E-state index contributed by atoms with van der Waals surface area (Å²) >= 11 is 0. The highest BCUT2D eigenvalue weighted by atomic mass is 16.4. The number of benzene rings is 2. The first-order valence-corrected chi connectivity index (χ1v) is 14.5. The number of primary amides is 2. The number of nitrogens with zero attached hydrogens (tertiary/aromatic N) is 1. The maximum atomic E-state index is 13.7. The number of carboxylic acid groups (broad SMARTS) is 1. The van der Waals surface area contributed by atoms with Crippen molar-refractivity contribution in [2.24, 2.45) is 11.5 Å². The minimum Gasteiger partial charge on any atom is -0.481 e. The smallest absolute Gasteiger partial charge is 0.305 e. The zero-order valence-electron chi connectivity index (χ0n) is 24.7. The number of nitrogens with two attached hydrogens (primary N) is 2. The number of carboxylic acids is 1. The van der Waals surface area contributed by atoms with Crippen LogP contribution in [-0.4, -0.2) is 82.1 Å². The summed E-state index contributed by atoms with van der Waals surface area (Å²) in [6.45, 7) is 3.44. The van der Waals surface area contributed by atoms with Crippen LogP contribution in [0.15, 0.2) is 55.1 Å². The van der Waals surface area contributed by atoms with Crippen molar-refractivity contribution in [2.45, 2.75) is 69.1 Å². The van der Waals surface area contributed by atoms with Crippen LogP contribution in [0.2, 0.25) is 0 Å². The Hall–Kier alpha value is -5.27. The molecule has 0 aliphatic carbocycles. The molecule has 1 aliphatic rings. The van der Waals surface area contributed by atoms with Gasteiger partial charge >= 0.3 is 5.97 Å². The van der Waals surface area contributed by atoms with E-state index in [4.69, 9.17) is 11.5 Å². The molecule has 14 nitrogen and oxygen atoms in total. The number of carbonyl (C=O) groups excluding carboxylic acids is 6. The van der Waals surface area contributed by atoms with E-state index >= 15 is 0 Å². The Labute approximate surface area is 259 Å². The van der Waals surface area contributed by atoms with E-state index in [2.05, 4.69) is 22.5 Å². The number of carbonyl (C=O) groups is 7. The molecular formula is C31H38N6O8. The summed E-state index contributed by atoms with van der Waals surface area (Å²) in [6, 6.07) is 8.09. The van der Waals surface area contributed by atoms with Crippen molar-refractivity contribution in [3.63, 3.8) is 0 Å². The summed E-state index contributed by atoms with van der Waals surface area (Å²) in [6.07, 6.45) is 1.17. The van der Waals surface area contributed by atoms with Gasteiger partial charge in [0, 0.05) is 19.4 Å². The zero-order valence-corrected chi connectivity index (χ0v) is 24.7. The van der Waals surface area contributed by atoms with Gasteiger partial charge < -0.3 is 37.4 Å². The average Bonchev–Trinajstić information content (AvgIpc) is 3.01. The second-order valence-corrected chi connectivity index (χ2v) is 10.8. The Morgan fingerprint density at radius 2 is 1.64 bits per heavy atom. The van der Waals surface area contributed by atoms with Crippen LogP contribution in [0.3, 0.4) is 0 Å². The second-order valence-electron chi connectivity index (χ2n) is 10.8. The number of hydrogen-bond donors (Lipinski definition) is 6. The van der Waals surface area contributed by atoms with Crippen LogP contribution in [0.4, 0.5) is 0 Å². The summed E-state index contributed by atoms with van der Waals surface area (Å²) < 4.78 is 0. The fraction of sp³-hybridized carbons (Fsp3) is 0.387. The molecule has 45 heavy (non-hydrogen) atoms. The number of piperidine rings is 1. The standard InChI is InChI=1S/C31H38N6O8/c1-2-26(39)34-23(17-27(40)41)31(45)37-14-6-5-9-24(37)30(44)36-22(29(43)35-21(28(33)42)12-13-25(32)38)16-18-10-11-19-7-3-4-8-20(19)15-18/h2-4,7-8,10-11,15,21-24H,1,5-6,9,12-14,16-17H2,(H2,32,38)(H2,33,42)(H,34,39)(H,35,43)(H,36,44)(H,40,41)/t21-,22-,23-,24-/m0/s1. The Morgan fingerprint density at radius 1 is 0.933 bits per heavy atom. The molecule has 8 N–H and O–H groups in total. The molecule has 6 amide bonds. The van der Waals surface area contributed by atoms with E-state index in [1.54, 1.807) is 6.07 Å². The predicted molar refractivity (Wildman–Crippen MR) is 163 cm³/mol. The molecule has 3 rings (SSSR count). The Balaban J connectivity index is 1.88. The van der Waals surface area contributed by atoms with Gasteiger partial charge in [-0.15, -0.1) is 0 Å². The highest BCUT2D eigenvalue weighted by Gasteiger charge is 2.38. The molecule has 0 spiro atoms. The SMILES string of the molecule is C=CC(=O)N[C@@H](CC(=O)O)C(=O)N1CCCC[C@H]1C(=O)N[C@@H](Cc1ccc2ccccc2c1)C(=O)N[C@@H](CCC(N)=O)C(N)=O. The van der Waals surface area contributed by atoms with Gasteiger partial charge in [0.15, 0.2) is 0 Å². The van der Waals surface area contributed by atoms with Crippen LogP contribution in [0.1, 0.15) is 44.1 Å². The molecule has 14 heteroatoms. The van der Waals surface area contributed by atoms with E-state index in [0.29, 0.717) is 18.4 Å². The first-order valence-electron chi connectivity index (χ1n) is 14.5. The van der Waals surface area contributed by atoms with Gasteiger partial charge in [-0.2, -0.15) is 0 Å². The molecule has 2 aromatic rings. The lowest BCUT2D eigenvalue weighted by Gasteiger charge is -2.37. The Bertz CT molecular complexity index is 1480. The highest BCUT2D eigenvalue weighted by molar-refractivity contribution is 5.98. The summed E-state index contributed by atoms with van der Waals surface area (Å²) in [5, 5.41) is 18.7. The van der Waals surface area contributed by atoms with Gasteiger partial charge in [-0.25, -0.2) is 0 Å². The van der Waals surface area contributed by atoms with Crippen LogP contribution in [0, 0.1) is 0 Å². The molecule has 0 aromatic heterocycles. The summed E-state index contributed by atoms with van der Waals surface area (Å²) in [7, 11) is 0. The van der Waals surface area contributed by atoms with Crippen LogP contribution in [0.25, 0.3) is 10.8 Å². The van der Waals surface area contributed by atoms with Crippen LogP contribution < -0.4 is 27.4 Å². The van der Waals surface area contributed by atoms with Crippen molar-refractivity contribution in [1.29, 1.82) is 0 Å².